The predicted octanol–water partition coefficient (Wildman–Crippen LogP) is 3.19. The number of nitrogens with one attached hydrogen (secondary N) is 1. The number of carbonyl (C=O) groups is 2. The Kier molecular flexibility index (Phi) is 3.88. The van der Waals surface area contributed by atoms with Crippen molar-refractivity contribution in [1.82, 2.24) is 5.32 Å². The second kappa shape index (κ2) is 5.85. The van der Waals surface area contributed by atoms with Gasteiger partial charge in [-0.1, -0.05) is 23.7 Å². The summed E-state index contributed by atoms with van der Waals surface area (Å²) in [5.74, 6) is -2.36. The van der Waals surface area contributed by atoms with Crippen molar-refractivity contribution in [1.29, 1.82) is 0 Å². The van der Waals surface area contributed by atoms with Crippen LogP contribution in [0.2, 0.25) is 5.02 Å². The van der Waals surface area contributed by atoms with E-state index in [-0.39, 0.29) is 11.3 Å². The fraction of sp³-hybridized carbons (Fsp3) is 0.0588. The number of amides is 1. The number of benzene rings is 2. The van der Waals surface area contributed by atoms with E-state index in [1.807, 2.05) is 0 Å². The smallest absolute Gasteiger partial charge is 0.293 e. The molecule has 1 aliphatic rings. The number of ketones is 1. The van der Waals surface area contributed by atoms with Gasteiger partial charge in [-0.15, -0.1) is 0 Å². The maximum absolute atomic E-state index is 13.1. The van der Waals surface area contributed by atoms with Gasteiger partial charge in [-0.05, 0) is 42.0 Å². The first-order chi connectivity index (χ1) is 11.0. The molecule has 1 amide bonds. The minimum atomic E-state index is -0.828. The first-order valence-corrected chi connectivity index (χ1v) is 7.15. The van der Waals surface area contributed by atoms with Crippen molar-refractivity contribution in [3.05, 3.63) is 76.1 Å². The fourth-order valence-corrected chi connectivity index (χ4v) is 2.56. The molecule has 116 valence electrons. The van der Waals surface area contributed by atoms with Gasteiger partial charge in [-0.25, -0.2) is 4.39 Å². The highest BCUT2D eigenvalue weighted by molar-refractivity contribution is 6.46. The van der Waals surface area contributed by atoms with E-state index in [0.29, 0.717) is 16.1 Å². The van der Waals surface area contributed by atoms with Crippen LogP contribution in [0.5, 0.6) is 0 Å². The van der Waals surface area contributed by atoms with Crippen LogP contribution < -0.4 is 5.32 Å². The monoisotopic (exact) mass is 331 g/mol. The summed E-state index contributed by atoms with van der Waals surface area (Å²) in [4.78, 5) is 23.8. The maximum Gasteiger partial charge on any atom is 0.293 e. The van der Waals surface area contributed by atoms with Crippen LogP contribution in [-0.4, -0.2) is 16.8 Å². The summed E-state index contributed by atoms with van der Waals surface area (Å²) in [5, 5.41) is 13.4. The van der Waals surface area contributed by atoms with Gasteiger partial charge in [0, 0.05) is 10.6 Å². The Morgan fingerprint density at radius 2 is 1.65 bits per heavy atom. The lowest BCUT2D eigenvalue weighted by Gasteiger charge is -2.13. The largest absolute Gasteiger partial charge is 0.507 e. The van der Waals surface area contributed by atoms with E-state index in [1.165, 1.54) is 24.3 Å². The van der Waals surface area contributed by atoms with E-state index in [9.17, 15) is 19.1 Å². The van der Waals surface area contributed by atoms with Crippen LogP contribution in [-0.2, 0) is 9.59 Å². The summed E-state index contributed by atoms with van der Waals surface area (Å²) < 4.78 is 13.1. The van der Waals surface area contributed by atoms with Gasteiger partial charge in [0.15, 0.2) is 0 Å². The van der Waals surface area contributed by atoms with Gasteiger partial charge < -0.3 is 10.4 Å². The molecular weight excluding hydrogens is 321 g/mol. The van der Waals surface area contributed by atoms with E-state index < -0.39 is 23.5 Å². The third-order valence-electron chi connectivity index (χ3n) is 3.59. The summed E-state index contributed by atoms with van der Waals surface area (Å²) in [5.41, 5.74) is 0.798. The lowest BCUT2D eigenvalue weighted by molar-refractivity contribution is -0.133. The number of aliphatic hydroxyl groups excluding tert-OH is 1. The molecule has 0 spiro atoms. The molecule has 1 saturated heterocycles. The van der Waals surface area contributed by atoms with Gasteiger partial charge in [0.2, 0.25) is 0 Å². The van der Waals surface area contributed by atoms with Crippen LogP contribution >= 0.6 is 11.6 Å². The summed E-state index contributed by atoms with van der Waals surface area (Å²) in [6.07, 6.45) is 0. The van der Waals surface area contributed by atoms with Gasteiger partial charge in [0.25, 0.3) is 11.7 Å². The minimum Gasteiger partial charge on any atom is -0.507 e. The average molecular weight is 332 g/mol. The topological polar surface area (TPSA) is 66.4 Å². The second-order valence-electron chi connectivity index (χ2n) is 5.06. The van der Waals surface area contributed by atoms with E-state index >= 15 is 0 Å². The van der Waals surface area contributed by atoms with E-state index in [1.54, 1.807) is 24.3 Å². The number of carbonyl (C=O) groups excluding carboxylic acids is 2. The Morgan fingerprint density at radius 1 is 1.04 bits per heavy atom. The van der Waals surface area contributed by atoms with Crippen LogP contribution in [0, 0.1) is 5.82 Å². The van der Waals surface area contributed by atoms with Crippen molar-refractivity contribution in [2.45, 2.75) is 6.04 Å². The third-order valence-corrected chi connectivity index (χ3v) is 3.84. The van der Waals surface area contributed by atoms with Crippen molar-refractivity contribution in [3.8, 4) is 0 Å². The van der Waals surface area contributed by atoms with Gasteiger partial charge in [-0.2, -0.15) is 0 Å². The average Bonchev–Trinajstić information content (AvgIpc) is 2.84. The molecule has 1 heterocycles. The molecule has 2 N–H and O–H groups in total. The van der Waals surface area contributed by atoms with Crippen molar-refractivity contribution in [2.24, 2.45) is 0 Å². The molecule has 2 aromatic rings. The van der Waals surface area contributed by atoms with Crippen LogP contribution in [0.1, 0.15) is 17.2 Å². The zero-order chi connectivity index (χ0) is 16.6. The molecule has 3 rings (SSSR count). The van der Waals surface area contributed by atoms with E-state index in [2.05, 4.69) is 5.32 Å². The standard InChI is InChI=1S/C17H11ClFNO3/c18-11-5-1-10(2-6-11)15(21)13-14(20-17(23)16(13)22)9-3-7-12(19)8-4-9/h1-8,14,21H,(H,20,23)/b15-13+/t14-/m1/s1. The zero-order valence-electron chi connectivity index (χ0n) is 11.7. The summed E-state index contributed by atoms with van der Waals surface area (Å²) in [7, 11) is 0. The molecule has 1 fully saturated rings. The molecule has 0 saturated carbocycles. The molecule has 2 aromatic carbocycles. The highest BCUT2D eigenvalue weighted by Gasteiger charge is 2.39. The summed E-state index contributed by atoms with van der Waals surface area (Å²) >= 11 is 5.80. The molecular formula is C17H11ClFNO3. The minimum absolute atomic E-state index is 0.0658. The SMILES string of the molecule is O=C1N[C@H](c2ccc(F)cc2)/C(=C(\O)c2ccc(Cl)cc2)C1=O. The van der Waals surface area contributed by atoms with Crippen molar-refractivity contribution >= 4 is 29.1 Å². The number of hydrogen-bond acceptors (Lipinski definition) is 3. The lowest BCUT2D eigenvalue weighted by Crippen LogP contribution is -2.21. The number of aliphatic hydroxyl groups is 1. The zero-order valence-corrected chi connectivity index (χ0v) is 12.5. The first-order valence-electron chi connectivity index (χ1n) is 6.77. The lowest BCUT2D eigenvalue weighted by atomic mass is 9.96. The summed E-state index contributed by atoms with van der Waals surface area (Å²) in [6, 6.07) is 10.7. The molecule has 23 heavy (non-hydrogen) atoms. The quantitative estimate of drug-likeness (QED) is 0.504. The van der Waals surface area contributed by atoms with Gasteiger partial charge in [0.05, 0.1) is 11.6 Å². The fourth-order valence-electron chi connectivity index (χ4n) is 2.43. The molecule has 0 bridgehead atoms. The molecule has 0 unspecified atom stereocenters. The Hall–Kier alpha value is -2.66. The number of hydrogen-bond donors (Lipinski definition) is 2. The molecule has 1 atom stereocenters. The van der Waals surface area contributed by atoms with Crippen molar-refractivity contribution in [3.63, 3.8) is 0 Å². The van der Waals surface area contributed by atoms with Crippen LogP contribution in [0.25, 0.3) is 5.76 Å². The molecule has 0 aliphatic carbocycles. The van der Waals surface area contributed by atoms with Crippen LogP contribution in [0.3, 0.4) is 0 Å². The molecule has 0 radical (unpaired) electrons. The Bertz CT molecular complexity index is 813. The Labute approximate surface area is 136 Å². The van der Waals surface area contributed by atoms with Crippen LogP contribution in [0.4, 0.5) is 4.39 Å². The maximum atomic E-state index is 13.1. The van der Waals surface area contributed by atoms with Crippen molar-refractivity contribution < 1.29 is 19.1 Å². The van der Waals surface area contributed by atoms with E-state index in [0.717, 1.165) is 0 Å². The van der Waals surface area contributed by atoms with Gasteiger partial charge >= 0.3 is 0 Å². The molecule has 0 aromatic heterocycles. The molecule has 1 aliphatic heterocycles. The highest BCUT2D eigenvalue weighted by atomic mass is 35.5. The van der Waals surface area contributed by atoms with Gasteiger partial charge in [0.1, 0.15) is 11.6 Å². The molecule has 6 heteroatoms. The van der Waals surface area contributed by atoms with Gasteiger partial charge in [-0.3, -0.25) is 9.59 Å². The Balaban J connectivity index is 2.10. The van der Waals surface area contributed by atoms with Crippen LogP contribution in [0.15, 0.2) is 54.1 Å². The number of Topliss-reactive ketones (excluding diaryl/α,β-unsaturated/α-hetero) is 1. The first kappa shape index (κ1) is 15.2. The number of rotatable bonds is 2. The summed E-state index contributed by atoms with van der Waals surface area (Å²) in [6.45, 7) is 0. The number of halogens is 2. The van der Waals surface area contributed by atoms with E-state index in [4.69, 9.17) is 11.6 Å². The van der Waals surface area contributed by atoms with Crippen molar-refractivity contribution in [2.75, 3.05) is 0 Å². The highest BCUT2D eigenvalue weighted by Crippen LogP contribution is 2.33. The molecule has 4 nitrogen and oxygen atoms in total. The predicted molar refractivity (Wildman–Crippen MR) is 83.3 cm³/mol. The Morgan fingerprint density at radius 3 is 2.26 bits per heavy atom. The normalized spacial score (nSPS) is 19.7. The second-order valence-corrected chi connectivity index (χ2v) is 5.49. The third kappa shape index (κ3) is 2.83.